The highest BCUT2D eigenvalue weighted by molar-refractivity contribution is 5.93. The largest absolute Gasteiger partial charge is 0.361 e. The van der Waals surface area contributed by atoms with Crippen LogP contribution in [0.15, 0.2) is 36.5 Å². The molecule has 0 spiro atoms. The van der Waals surface area contributed by atoms with Gasteiger partial charge in [0, 0.05) is 30.8 Å². The van der Waals surface area contributed by atoms with E-state index in [1.807, 2.05) is 42.2 Å². The summed E-state index contributed by atoms with van der Waals surface area (Å²) in [6.45, 7) is 7.81. The molecular formula is C18H22N4O. The van der Waals surface area contributed by atoms with Crippen molar-refractivity contribution in [3.8, 4) is 0 Å². The molecule has 1 aliphatic heterocycles. The van der Waals surface area contributed by atoms with Crippen LogP contribution in [0.4, 0.5) is 11.5 Å². The Labute approximate surface area is 136 Å². The van der Waals surface area contributed by atoms with E-state index in [2.05, 4.69) is 29.1 Å². The molecule has 5 nitrogen and oxygen atoms in total. The van der Waals surface area contributed by atoms with E-state index in [9.17, 15) is 4.79 Å². The highest BCUT2D eigenvalue weighted by Crippen LogP contribution is 2.40. The van der Waals surface area contributed by atoms with Crippen molar-refractivity contribution in [2.75, 3.05) is 10.2 Å². The van der Waals surface area contributed by atoms with E-state index in [1.54, 1.807) is 13.1 Å². The monoisotopic (exact) mass is 310 g/mol. The fourth-order valence-corrected chi connectivity index (χ4v) is 3.27. The topological polar surface area (TPSA) is 58.1 Å². The van der Waals surface area contributed by atoms with Gasteiger partial charge in [-0.05, 0) is 38.1 Å². The normalized spacial score (nSPS) is 23.3. The Bertz CT molecular complexity index is 730. The van der Waals surface area contributed by atoms with Crippen LogP contribution in [-0.4, -0.2) is 21.9 Å². The van der Waals surface area contributed by atoms with Crippen LogP contribution >= 0.6 is 0 Å². The molecule has 0 saturated heterocycles. The quantitative estimate of drug-likeness (QED) is 0.924. The second-order valence-electron chi connectivity index (χ2n) is 6.18. The Morgan fingerprint density at radius 3 is 2.70 bits per heavy atom. The summed E-state index contributed by atoms with van der Waals surface area (Å²) in [5, 5.41) is 3.51. The lowest BCUT2D eigenvalue weighted by molar-refractivity contribution is -0.117. The van der Waals surface area contributed by atoms with Crippen LogP contribution in [0.25, 0.3) is 0 Å². The molecule has 0 bridgehead atoms. The van der Waals surface area contributed by atoms with Gasteiger partial charge in [-0.1, -0.05) is 13.0 Å². The van der Waals surface area contributed by atoms with Crippen molar-refractivity contribution >= 4 is 17.4 Å². The van der Waals surface area contributed by atoms with Crippen molar-refractivity contribution in [2.45, 2.75) is 39.8 Å². The van der Waals surface area contributed by atoms with Crippen molar-refractivity contribution < 1.29 is 4.79 Å². The summed E-state index contributed by atoms with van der Waals surface area (Å²) in [5.41, 5.74) is 2.76. The van der Waals surface area contributed by atoms with Gasteiger partial charge >= 0.3 is 0 Å². The Morgan fingerprint density at radius 2 is 2.00 bits per heavy atom. The number of nitrogens with one attached hydrogen (secondary N) is 1. The number of pyridine rings is 2. The molecule has 0 aromatic carbocycles. The smallest absolute Gasteiger partial charge is 0.224 e. The molecule has 0 saturated carbocycles. The SMILES string of the molecule is CC(=O)N1c2cccnc2[C@H](Nc2cccc(C)n2)[C@@H](C)[C@@H]1C. The molecule has 3 atom stereocenters. The molecule has 0 unspecified atom stereocenters. The standard InChI is InChI=1S/C18H22N4O/c1-11-7-5-9-16(20-11)21-17-12(2)13(3)22(14(4)23)15-8-6-10-19-18(15)17/h5-10,12-13,17H,1-4H3,(H,20,21)/t12-,13-,17+/m0/s1. The highest BCUT2D eigenvalue weighted by Gasteiger charge is 2.39. The second kappa shape index (κ2) is 5.99. The molecule has 1 N–H and O–H groups in total. The van der Waals surface area contributed by atoms with Gasteiger partial charge in [0.15, 0.2) is 0 Å². The average molecular weight is 310 g/mol. The molecule has 3 heterocycles. The number of nitrogens with zero attached hydrogens (tertiary/aromatic N) is 3. The predicted octanol–water partition coefficient (Wildman–Crippen LogP) is 3.33. The summed E-state index contributed by atoms with van der Waals surface area (Å²) in [4.78, 5) is 23.0. The number of fused-ring (bicyclic) bond motifs is 1. The first kappa shape index (κ1) is 15.5. The van der Waals surface area contributed by atoms with E-state index in [-0.39, 0.29) is 23.9 Å². The van der Waals surface area contributed by atoms with E-state index in [0.29, 0.717) is 0 Å². The number of aromatic nitrogens is 2. The van der Waals surface area contributed by atoms with Crippen molar-refractivity contribution in [3.05, 3.63) is 47.9 Å². The van der Waals surface area contributed by atoms with Gasteiger partial charge in [0.05, 0.1) is 17.4 Å². The lowest BCUT2D eigenvalue weighted by Crippen LogP contribution is -2.48. The number of hydrogen-bond acceptors (Lipinski definition) is 4. The summed E-state index contributed by atoms with van der Waals surface area (Å²) in [6.07, 6.45) is 1.78. The molecule has 3 rings (SSSR count). The summed E-state index contributed by atoms with van der Waals surface area (Å²) in [6, 6.07) is 9.87. The molecule has 0 radical (unpaired) electrons. The molecule has 1 amide bonds. The van der Waals surface area contributed by atoms with Crippen LogP contribution < -0.4 is 10.2 Å². The molecule has 0 fully saturated rings. The summed E-state index contributed by atoms with van der Waals surface area (Å²) >= 11 is 0. The maximum Gasteiger partial charge on any atom is 0.224 e. The Balaban J connectivity index is 2.03. The van der Waals surface area contributed by atoms with Gasteiger partial charge < -0.3 is 10.2 Å². The third kappa shape index (κ3) is 2.79. The first-order valence-corrected chi connectivity index (χ1v) is 7.94. The summed E-state index contributed by atoms with van der Waals surface area (Å²) < 4.78 is 0. The lowest BCUT2D eigenvalue weighted by Gasteiger charge is -2.43. The minimum atomic E-state index is 0.0195. The third-order valence-electron chi connectivity index (χ3n) is 4.60. The van der Waals surface area contributed by atoms with E-state index in [1.165, 1.54) is 0 Å². The summed E-state index contributed by atoms with van der Waals surface area (Å²) in [5.74, 6) is 1.09. The molecule has 1 aliphatic rings. The number of carbonyl (C=O) groups is 1. The van der Waals surface area contributed by atoms with Crippen molar-refractivity contribution in [3.63, 3.8) is 0 Å². The maximum absolute atomic E-state index is 12.1. The second-order valence-corrected chi connectivity index (χ2v) is 6.18. The lowest BCUT2D eigenvalue weighted by atomic mass is 9.85. The van der Waals surface area contributed by atoms with Gasteiger partial charge in [0.25, 0.3) is 0 Å². The number of carbonyl (C=O) groups excluding carboxylic acids is 1. The van der Waals surface area contributed by atoms with Gasteiger partial charge in [-0.25, -0.2) is 4.98 Å². The van der Waals surface area contributed by atoms with Crippen molar-refractivity contribution in [1.82, 2.24) is 9.97 Å². The van der Waals surface area contributed by atoms with Crippen LogP contribution in [0, 0.1) is 12.8 Å². The fourth-order valence-electron chi connectivity index (χ4n) is 3.27. The number of anilines is 2. The molecule has 2 aromatic rings. The van der Waals surface area contributed by atoms with Gasteiger partial charge in [-0.15, -0.1) is 0 Å². The van der Waals surface area contributed by atoms with Crippen molar-refractivity contribution in [2.24, 2.45) is 5.92 Å². The zero-order valence-corrected chi connectivity index (χ0v) is 13.9. The molecule has 2 aromatic heterocycles. The van der Waals surface area contributed by atoms with Gasteiger partial charge in [0.1, 0.15) is 5.82 Å². The molecule has 0 aliphatic carbocycles. The predicted molar refractivity (Wildman–Crippen MR) is 91.4 cm³/mol. The van der Waals surface area contributed by atoms with Crippen LogP contribution in [-0.2, 0) is 4.79 Å². The van der Waals surface area contributed by atoms with Gasteiger partial charge in [0.2, 0.25) is 5.91 Å². The number of amides is 1. The van der Waals surface area contributed by atoms with E-state index >= 15 is 0 Å². The molecule has 5 heteroatoms. The van der Waals surface area contributed by atoms with Crippen LogP contribution in [0.3, 0.4) is 0 Å². The average Bonchev–Trinajstić information content (AvgIpc) is 2.51. The van der Waals surface area contributed by atoms with E-state index in [0.717, 1.165) is 22.9 Å². The van der Waals surface area contributed by atoms with E-state index < -0.39 is 0 Å². The van der Waals surface area contributed by atoms with Crippen molar-refractivity contribution in [1.29, 1.82) is 0 Å². The highest BCUT2D eigenvalue weighted by atomic mass is 16.2. The third-order valence-corrected chi connectivity index (χ3v) is 4.60. The zero-order chi connectivity index (χ0) is 16.6. The number of rotatable bonds is 2. The minimum absolute atomic E-state index is 0.0195. The van der Waals surface area contributed by atoms with E-state index in [4.69, 9.17) is 0 Å². The first-order chi connectivity index (χ1) is 11.0. The molecule has 120 valence electrons. The molecule has 23 heavy (non-hydrogen) atoms. The van der Waals surface area contributed by atoms with Crippen LogP contribution in [0.2, 0.25) is 0 Å². The minimum Gasteiger partial charge on any atom is -0.361 e. The van der Waals surface area contributed by atoms with Gasteiger partial charge in [-0.3, -0.25) is 9.78 Å². The number of aryl methyl sites for hydroxylation is 1. The zero-order valence-electron chi connectivity index (χ0n) is 13.9. The Hall–Kier alpha value is -2.43. The Kier molecular flexibility index (Phi) is 4.03. The summed E-state index contributed by atoms with van der Waals surface area (Å²) in [7, 11) is 0. The van der Waals surface area contributed by atoms with Gasteiger partial charge in [-0.2, -0.15) is 0 Å². The van der Waals surface area contributed by atoms with Crippen LogP contribution in [0.5, 0.6) is 0 Å². The maximum atomic E-state index is 12.1. The Morgan fingerprint density at radius 1 is 1.22 bits per heavy atom. The molecular weight excluding hydrogens is 288 g/mol. The first-order valence-electron chi connectivity index (χ1n) is 7.94. The number of hydrogen-bond donors (Lipinski definition) is 1. The fraction of sp³-hybridized carbons (Fsp3) is 0.389. The van der Waals surface area contributed by atoms with Crippen LogP contribution in [0.1, 0.15) is 38.2 Å².